The highest BCUT2D eigenvalue weighted by Gasteiger charge is 2.46. The van der Waals surface area contributed by atoms with E-state index in [0.717, 1.165) is 35.2 Å². The van der Waals surface area contributed by atoms with Gasteiger partial charge in [0, 0.05) is 22.7 Å². The molecule has 4 heteroatoms. The van der Waals surface area contributed by atoms with Crippen LogP contribution < -0.4 is 4.90 Å². The van der Waals surface area contributed by atoms with E-state index in [4.69, 9.17) is 0 Å². The second-order valence-electron chi connectivity index (χ2n) is 7.91. The summed E-state index contributed by atoms with van der Waals surface area (Å²) >= 11 is 3.65. The summed E-state index contributed by atoms with van der Waals surface area (Å²) < 4.78 is 1.07. The zero-order chi connectivity index (χ0) is 19.8. The molecule has 1 amide bonds. The van der Waals surface area contributed by atoms with Gasteiger partial charge in [0.25, 0.3) is 0 Å². The minimum Gasteiger partial charge on any atom is -0.307 e. The Hall–Kier alpha value is -2.43. The van der Waals surface area contributed by atoms with Gasteiger partial charge >= 0.3 is 0 Å². The first-order valence-corrected chi connectivity index (χ1v) is 10.9. The minimum atomic E-state index is 0.0178. The Morgan fingerprint density at radius 1 is 0.862 bits per heavy atom. The summed E-state index contributed by atoms with van der Waals surface area (Å²) in [5.74, 6) is 0.272. The van der Waals surface area contributed by atoms with Gasteiger partial charge in [-0.1, -0.05) is 76.6 Å². The third-order valence-corrected chi connectivity index (χ3v) is 6.59. The van der Waals surface area contributed by atoms with Crippen LogP contribution in [0.5, 0.6) is 0 Å². The molecule has 5 rings (SSSR count). The summed E-state index contributed by atoms with van der Waals surface area (Å²) in [6, 6.07) is 27.3. The molecule has 2 aliphatic rings. The van der Waals surface area contributed by atoms with E-state index in [9.17, 15) is 4.79 Å². The molecule has 0 aromatic heterocycles. The first kappa shape index (κ1) is 18.6. The number of fused-ring (bicyclic) bond motifs is 3. The molecule has 1 saturated heterocycles. The first-order chi connectivity index (χ1) is 14.2. The number of amides is 1. The van der Waals surface area contributed by atoms with E-state index >= 15 is 0 Å². The number of benzene rings is 3. The zero-order valence-corrected chi connectivity index (χ0v) is 17.8. The van der Waals surface area contributed by atoms with Crippen molar-refractivity contribution < 1.29 is 4.79 Å². The van der Waals surface area contributed by atoms with Crippen molar-refractivity contribution in [2.75, 3.05) is 11.4 Å². The van der Waals surface area contributed by atoms with Gasteiger partial charge in [-0.2, -0.15) is 0 Å². The molecule has 3 nitrogen and oxygen atoms in total. The standard InChI is InChI=1S/C25H23BrN2O/c26-20-11-12-23-22(15-20)24-21(13-14-27(24)16-18-7-3-1-4-8-18)25(29)28(23)17-19-9-5-2-6-10-19/h1-12,15,21,24H,13-14,16-17H2/t21-,24-/m1/s1. The quantitative estimate of drug-likeness (QED) is 0.523. The smallest absolute Gasteiger partial charge is 0.232 e. The lowest BCUT2D eigenvalue weighted by atomic mass is 9.86. The normalized spacial score (nSPS) is 21.1. The highest BCUT2D eigenvalue weighted by Crippen LogP contribution is 2.48. The molecule has 3 aromatic rings. The average molecular weight is 447 g/mol. The Morgan fingerprint density at radius 3 is 2.21 bits per heavy atom. The SMILES string of the molecule is O=C1[C@@H]2CCN(Cc3ccccc3)[C@H]2c2cc(Br)ccc2N1Cc1ccccc1. The molecule has 3 aromatic carbocycles. The summed E-state index contributed by atoms with van der Waals surface area (Å²) in [5, 5.41) is 0. The maximum atomic E-state index is 13.5. The minimum absolute atomic E-state index is 0.0178. The van der Waals surface area contributed by atoms with Crippen LogP contribution in [0.3, 0.4) is 0 Å². The molecule has 2 atom stereocenters. The van der Waals surface area contributed by atoms with Gasteiger partial charge in [-0.25, -0.2) is 0 Å². The summed E-state index contributed by atoms with van der Waals surface area (Å²) in [6.45, 7) is 2.44. The molecule has 1 fully saturated rings. The van der Waals surface area contributed by atoms with Gasteiger partial charge in [-0.05, 0) is 47.9 Å². The summed E-state index contributed by atoms with van der Waals surface area (Å²) in [7, 11) is 0. The van der Waals surface area contributed by atoms with Gasteiger partial charge in [0.2, 0.25) is 5.91 Å². The number of rotatable bonds is 4. The number of hydrogen-bond acceptors (Lipinski definition) is 2. The van der Waals surface area contributed by atoms with E-state index in [-0.39, 0.29) is 17.9 Å². The zero-order valence-electron chi connectivity index (χ0n) is 16.2. The van der Waals surface area contributed by atoms with Crippen LogP contribution in [-0.4, -0.2) is 17.4 Å². The predicted molar refractivity (Wildman–Crippen MR) is 119 cm³/mol. The summed E-state index contributed by atoms with van der Waals surface area (Å²) in [6.07, 6.45) is 0.910. The van der Waals surface area contributed by atoms with E-state index in [1.807, 2.05) is 35.2 Å². The van der Waals surface area contributed by atoms with Gasteiger partial charge in [-0.15, -0.1) is 0 Å². The maximum Gasteiger partial charge on any atom is 0.232 e. The van der Waals surface area contributed by atoms with E-state index in [1.54, 1.807) is 0 Å². The van der Waals surface area contributed by atoms with Crippen molar-refractivity contribution in [1.82, 2.24) is 4.90 Å². The van der Waals surface area contributed by atoms with E-state index in [0.29, 0.717) is 6.54 Å². The van der Waals surface area contributed by atoms with Crippen LogP contribution in [0.25, 0.3) is 0 Å². The number of halogens is 1. The molecular formula is C25H23BrN2O. The fourth-order valence-electron chi connectivity index (χ4n) is 4.78. The number of nitrogens with zero attached hydrogens (tertiary/aromatic N) is 2. The number of likely N-dealkylation sites (tertiary alicyclic amines) is 1. The van der Waals surface area contributed by atoms with Crippen LogP contribution in [0.1, 0.15) is 29.2 Å². The fourth-order valence-corrected chi connectivity index (χ4v) is 5.16. The largest absolute Gasteiger partial charge is 0.307 e. The monoisotopic (exact) mass is 446 g/mol. The number of carbonyl (C=O) groups is 1. The first-order valence-electron chi connectivity index (χ1n) is 10.1. The summed E-state index contributed by atoms with van der Waals surface area (Å²) in [4.78, 5) is 18.0. The highest BCUT2D eigenvalue weighted by atomic mass is 79.9. The highest BCUT2D eigenvalue weighted by molar-refractivity contribution is 9.10. The predicted octanol–water partition coefficient (Wildman–Crippen LogP) is 5.56. The van der Waals surface area contributed by atoms with Crippen LogP contribution in [-0.2, 0) is 17.9 Å². The molecule has 0 saturated carbocycles. The topological polar surface area (TPSA) is 23.6 Å². The number of hydrogen-bond donors (Lipinski definition) is 0. The van der Waals surface area contributed by atoms with Crippen molar-refractivity contribution in [3.05, 3.63) is 100 Å². The van der Waals surface area contributed by atoms with Crippen LogP contribution in [0.4, 0.5) is 5.69 Å². The maximum absolute atomic E-state index is 13.5. The van der Waals surface area contributed by atoms with Crippen molar-refractivity contribution in [3.8, 4) is 0 Å². The van der Waals surface area contributed by atoms with Gasteiger partial charge in [0.15, 0.2) is 0 Å². The molecule has 29 heavy (non-hydrogen) atoms. The molecule has 146 valence electrons. The van der Waals surface area contributed by atoms with Crippen LogP contribution in [0, 0.1) is 5.92 Å². The number of carbonyl (C=O) groups excluding carboxylic acids is 1. The molecule has 2 aliphatic heterocycles. The summed E-state index contributed by atoms with van der Waals surface area (Å²) in [5.41, 5.74) is 4.76. The Bertz CT molecular complexity index is 1020. The molecule has 0 spiro atoms. The lowest BCUT2D eigenvalue weighted by molar-refractivity contribution is -0.124. The van der Waals surface area contributed by atoms with Crippen molar-refractivity contribution in [2.45, 2.75) is 25.6 Å². The van der Waals surface area contributed by atoms with Crippen molar-refractivity contribution in [1.29, 1.82) is 0 Å². The van der Waals surface area contributed by atoms with Gasteiger partial charge < -0.3 is 4.90 Å². The van der Waals surface area contributed by atoms with Crippen LogP contribution in [0.2, 0.25) is 0 Å². The van der Waals surface area contributed by atoms with Crippen LogP contribution >= 0.6 is 15.9 Å². The second kappa shape index (κ2) is 7.77. The third kappa shape index (κ3) is 3.52. The Morgan fingerprint density at radius 2 is 1.52 bits per heavy atom. The van der Waals surface area contributed by atoms with Crippen molar-refractivity contribution in [3.63, 3.8) is 0 Å². The van der Waals surface area contributed by atoms with Crippen molar-refractivity contribution in [2.24, 2.45) is 5.92 Å². The van der Waals surface area contributed by atoms with Gasteiger partial charge in [-0.3, -0.25) is 9.69 Å². The Balaban J connectivity index is 1.52. The van der Waals surface area contributed by atoms with Crippen molar-refractivity contribution >= 4 is 27.5 Å². The third-order valence-electron chi connectivity index (χ3n) is 6.10. The molecule has 0 radical (unpaired) electrons. The molecular weight excluding hydrogens is 424 g/mol. The molecule has 0 aliphatic carbocycles. The molecule has 0 unspecified atom stereocenters. The Kier molecular flexibility index (Phi) is 4.98. The lowest BCUT2D eigenvalue weighted by Crippen LogP contribution is -2.43. The molecule has 2 heterocycles. The second-order valence-corrected chi connectivity index (χ2v) is 8.82. The van der Waals surface area contributed by atoms with E-state index in [1.165, 1.54) is 11.1 Å². The average Bonchev–Trinajstić information content (AvgIpc) is 3.16. The van der Waals surface area contributed by atoms with E-state index in [2.05, 4.69) is 69.4 Å². The van der Waals surface area contributed by atoms with E-state index < -0.39 is 0 Å². The fraction of sp³-hybridized carbons (Fsp3) is 0.240. The number of anilines is 1. The lowest BCUT2D eigenvalue weighted by Gasteiger charge is -2.39. The van der Waals surface area contributed by atoms with Gasteiger partial charge in [0.05, 0.1) is 12.5 Å². The van der Waals surface area contributed by atoms with Gasteiger partial charge in [0.1, 0.15) is 0 Å². The molecule has 0 bridgehead atoms. The Labute approximate surface area is 180 Å². The van der Waals surface area contributed by atoms with Crippen LogP contribution in [0.15, 0.2) is 83.3 Å². The molecule has 0 N–H and O–H groups in total.